The Morgan fingerprint density at radius 3 is 2.75 bits per heavy atom. The van der Waals surface area contributed by atoms with Gasteiger partial charge in [0.05, 0.1) is 12.2 Å². The number of rotatable bonds is 5. The van der Waals surface area contributed by atoms with Crippen molar-refractivity contribution < 1.29 is 22.8 Å². The lowest BCUT2D eigenvalue weighted by molar-refractivity contribution is -0.125. The lowest BCUT2D eigenvalue weighted by Crippen LogP contribution is -2.34. The number of carbonyl (C=O) groups is 2. The molecule has 10 heteroatoms. The first-order valence-electron chi connectivity index (χ1n) is 7.03. The van der Waals surface area contributed by atoms with Gasteiger partial charge in [-0.15, -0.1) is 0 Å². The minimum Gasteiger partial charge on any atom is -0.347 e. The predicted molar refractivity (Wildman–Crippen MR) is 75.2 cm³/mol. The van der Waals surface area contributed by atoms with Crippen molar-refractivity contribution in [2.45, 2.75) is 12.3 Å². The van der Waals surface area contributed by atoms with Gasteiger partial charge in [-0.2, -0.15) is 5.10 Å². The van der Waals surface area contributed by atoms with Crippen LogP contribution in [0.3, 0.4) is 0 Å². The average molecular weight is 339 g/mol. The number of benzene rings is 1. The monoisotopic (exact) mass is 339 g/mol. The van der Waals surface area contributed by atoms with Crippen molar-refractivity contribution in [2.24, 2.45) is 5.92 Å². The largest absolute Gasteiger partial charge is 0.347 e. The van der Waals surface area contributed by atoms with E-state index < -0.39 is 35.6 Å². The molecule has 1 fully saturated rings. The zero-order valence-corrected chi connectivity index (χ0v) is 12.1. The van der Waals surface area contributed by atoms with Gasteiger partial charge in [0.2, 0.25) is 11.8 Å². The molecule has 0 spiro atoms. The zero-order valence-electron chi connectivity index (χ0n) is 12.1. The maximum atomic E-state index is 13.4. The Hall–Kier alpha value is -2.91. The molecule has 1 aromatic heterocycles. The lowest BCUT2D eigenvalue weighted by atomic mass is 10.2. The Morgan fingerprint density at radius 2 is 2.04 bits per heavy atom. The fourth-order valence-electron chi connectivity index (χ4n) is 2.30. The van der Waals surface area contributed by atoms with Crippen molar-refractivity contribution in [2.75, 3.05) is 11.9 Å². The minimum absolute atomic E-state index is 0.0702. The Morgan fingerprint density at radius 1 is 1.25 bits per heavy atom. The molecule has 0 saturated heterocycles. The fraction of sp³-hybridized carbons (Fsp3) is 0.286. The van der Waals surface area contributed by atoms with Gasteiger partial charge in [-0.05, 0) is 18.6 Å². The molecule has 1 heterocycles. The van der Waals surface area contributed by atoms with E-state index in [1.165, 1.54) is 6.33 Å². The maximum absolute atomic E-state index is 13.4. The summed E-state index contributed by atoms with van der Waals surface area (Å²) in [6.07, 6.45) is 1.92. The molecule has 1 saturated carbocycles. The molecule has 3 rings (SSSR count). The summed E-state index contributed by atoms with van der Waals surface area (Å²) in [6, 6.07) is 1.59. The highest BCUT2D eigenvalue weighted by atomic mass is 19.2. The molecule has 1 aromatic carbocycles. The third kappa shape index (κ3) is 3.21. The van der Waals surface area contributed by atoms with Gasteiger partial charge in [-0.1, -0.05) is 0 Å². The van der Waals surface area contributed by atoms with E-state index in [0.717, 1.165) is 6.07 Å². The van der Waals surface area contributed by atoms with Gasteiger partial charge in [-0.3, -0.25) is 14.7 Å². The second-order valence-corrected chi connectivity index (χ2v) is 5.31. The highest BCUT2D eigenvalue weighted by Crippen LogP contribution is 2.45. The highest BCUT2D eigenvalue weighted by Gasteiger charge is 2.45. The van der Waals surface area contributed by atoms with Crippen molar-refractivity contribution in [1.29, 1.82) is 0 Å². The van der Waals surface area contributed by atoms with Crippen molar-refractivity contribution in [3.63, 3.8) is 0 Å². The van der Waals surface area contributed by atoms with E-state index >= 15 is 0 Å². The van der Waals surface area contributed by atoms with Crippen LogP contribution >= 0.6 is 0 Å². The Balaban J connectivity index is 1.50. The minimum atomic E-state index is -1.68. The maximum Gasteiger partial charge on any atom is 0.243 e. The first-order chi connectivity index (χ1) is 11.5. The average Bonchev–Trinajstić information content (AvgIpc) is 3.18. The van der Waals surface area contributed by atoms with Crippen LogP contribution in [0.1, 0.15) is 18.2 Å². The van der Waals surface area contributed by atoms with Gasteiger partial charge in [0, 0.05) is 11.8 Å². The molecule has 2 aromatic rings. The first-order valence-corrected chi connectivity index (χ1v) is 7.03. The molecule has 2 atom stereocenters. The van der Waals surface area contributed by atoms with Crippen LogP contribution in [0.2, 0.25) is 0 Å². The molecule has 0 unspecified atom stereocenters. The van der Waals surface area contributed by atoms with E-state index in [2.05, 4.69) is 25.8 Å². The van der Waals surface area contributed by atoms with Crippen LogP contribution in [0.15, 0.2) is 18.5 Å². The number of halogens is 3. The molecule has 0 radical (unpaired) electrons. The van der Waals surface area contributed by atoms with E-state index in [0.29, 0.717) is 18.3 Å². The van der Waals surface area contributed by atoms with E-state index in [1.54, 1.807) is 0 Å². The summed E-state index contributed by atoms with van der Waals surface area (Å²) in [6.45, 7) is -0.420. The number of H-pyrrole nitrogens is 1. The van der Waals surface area contributed by atoms with Gasteiger partial charge < -0.3 is 10.6 Å². The number of carbonyl (C=O) groups excluding carboxylic acids is 2. The summed E-state index contributed by atoms with van der Waals surface area (Å²) in [5, 5.41) is 10.8. The van der Waals surface area contributed by atoms with Gasteiger partial charge in [-0.25, -0.2) is 18.2 Å². The van der Waals surface area contributed by atoms with Gasteiger partial charge in [0.15, 0.2) is 17.5 Å². The van der Waals surface area contributed by atoms with E-state index in [-0.39, 0.29) is 17.7 Å². The molecule has 0 bridgehead atoms. The third-order valence-electron chi connectivity index (χ3n) is 3.64. The Bertz CT molecular complexity index is 781. The summed E-state index contributed by atoms with van der Waals surface area (Å²) in [5.74, 6) is -5.42. The summed E-state index contributed by atoms with van der Waals surface area (Å²) in [4.78, 5) is 27.5. The van der Waals surface area contributed by atoms with Gasteiger partial charge >= 0.3 is 0 Å². The fourth-order valence-corrected chi connectivity index (χ4v) is 2.30. The second-order valence-electron chi connectivity index (χ2n) is 5.31. The van der Waals surface area contributed by atoms with Crippen LogP contribution < -0.4 is 10.6 Å². The van der Waals surface area contributed by atoms with Crippen LogP contribution in [0, 0.1) is 23.4 Å². The van der Waals surface area contributed by atoms with Crippen molar-refractivity contribution in [1.82, 2.24) is 20.5 Å². The van der Waals surface area contributed by atoms with Crippen LogP contribution in [-0.2, 0) is 9.59 Å². The van der Waals surface area contributed by atoms with Crippen molar-refractivity contribution >= 4 is 17.5 Å². The number of anilines is 1. The molecule has 3 N–H and O–H groups in total. The first kappa shape index (κ1) is 16.0. The van der Waals surface area contributed by atoms with Crippen LogP contribution in [-0.4, -0.2) is 33.5 Å². The Labute approximate surface area is 133 Å². The zero-order chi connectivity index (χ0) is 17.3. The second kappa shape index (κ2) is 6.30. The number of aromatic amines is 1. The highest BCUT2D eigenvalue weighted by molar-refractivity contribution is 5.95. The smallest absolute Gasteiger partial charge is 0.243 e. The number of nitrogens with one attached hydrogen (secondary N) is 3. The van der Waals surface area contributed by atoms with Crippen LogP contribution in [0.5, 0.6) is 0 Å². The molecule has 1 aliphatic rings. The number of hydrogen-bond acceptors (Lipinski definition) is 4. The van der Waals surface area contributed by atoms with Gasteiger partial charge in [0.25, 0.3) is 0 Å². The molecule has 126 valence electrons. The number of aromatic nitrogens is 3. The Kier molecular flexibility index (Phi) is 4.19. The molecule has 2 amide bonds. The van der Waals surface area contributed by atoms with Crippen molar-refractivity contribution in [3.05, 3.63) is 41.7 Å². The van der Waals surface area contributed by atoms with Crippen LogP contribution in [0.25, 0.3) is 0 Å². The third-order valence-corrected chi connectivity index (χ3v) is 3.64. The number of hydrogen-bond donors (Lipinski definition) is 3. The lowest BCUT2D eigenvalue weighted by Gasteiger charge is -2.08. The standard InChI is InChI=1S/C14H12F3N5O2/c15-8-1-2-9(12(17)11(8)16)21-10(23)4-18-14(24)7-3-6(7)13-19-5-20-22-13/h1-2,5-7H,3-4H2,(H,18,24)(H,21,23)(H,19,20,22)/t6-,7+/m0/s1. The SMILES string of the molecule is O=C(CNC(=O)[C@@H]1C[C@@H]1c1ncn[nH]1)Nc1ccc(F)c(F)c1F. The van der Waals surface area contributed by atoms with E-state index in [9.17, 15) is 22.8 Å². The van der Waals surface area contributed by atoms with E-state index in [1.807, 2.05) is 0 Å². The summed E-state index contributed by atoms with van der Waals surface area (Å²) < 4.78 is 39.3. The summed E-state index contributed by atoms with van der Waals surface area (Å²) >= 11 is 0. The van der Waals surface area contributed by atoms with E-state index in [4.69, 9.17) is 0 Å². The molecule has 7 nitrogen and oxygen atoms in total. The molecular formula is C14H12F3N5O2. The van der Waals surface area contributed by atoms with Crippen LogP contribution in [0.4, 0.5) is 18.9 Å². The topological polar surface area (TPSA) is 99.8 Å². The quantitative estimate of drug-likeness (QED) is 0.710. The van der Waals surface area contributed by atoms with Gasteiger partial charge in [0.1, 0.15) is 12.2 Å². The summed E-state index contributed by atoms with van der Waals surface area (Å²) in [5.41, 5.74) is -0.501. The number of amides is 2. The molecule has 1 aliphatic carbocycles. The number of nitrogens with zero attached hydrogens (tertiary/aromatic N) is 2. The molecule has 24 heavy (non-hydrogen) atoms. The summed E-state index contributed by atoms with van der Waals surface area (Å²) in [7, 11) is 0. The predicted octanol–water partition coefficient (Wildman–Crippen LogP) is 1.08. The molecule has 0 aliphatic heterocycles. The molecular weight excluding hydrogens is 327 g/mol. The van der Waals surface area contributed by atoms with Crippen molar-refractivity contribution in [3.8, 4) is 0 Å². The normalized spacial score (nSPS) is 19.0.